The van der Waals surface area contributed by atoms with Gasteiger partial charge in [0.1, 0.15) is 17.7 Å². The van der Waals surface area contributed by atoms with Crippen molar-refractivity contribution in [1.82, 2.24) is 0 Å². The highest BCUT2D eigenvalue weighted by atomic mass is 14.8. The van der Waals surface area contributed by atoms with Crippen molar-refractivity contribution >= 4 is 11.3 Å². The van der Waals surface area contributed by atoms with E-state index in [2.05, 4.69) is 5.32 Å². The Morgan fingerprint density at radius 2 is 1.87 bits per heavy atom. The molecule has 0 bridgehead atoms. The zero-order valence-corrected chi connectivity index (χ0v) is 7.86. The molecule has 15 heavy (non-hydrogen) atoms. The monoisotopic (exact) mass is 193 g/mol. The van der Waals surface area contributed by atoms with Gasteiger partial charge in [-0.25, -0.2) is 0 Å². The summed E-state index contributed by atoms with van der Waals surface area (Å²) in [6.45, 7) is 0. The number of fused-ring (bicyclic) bond motifs is 1. The van der Waals surface area contributed by atoms with E-state index in [1.54, 1.807) is 12.3 Å². The SMILES string of the molecule is N#CC(C#N)=C1C=CNc2ccccc21. The first-order chi connectivity index (χ1) is 7.36. The van der Waals surface area contributed by atoms with Crippen molar-refractivity contribution in [3.8, 4) is 12.1 Å². The van der Waals surface area contributed by atoms with Crippen molar-refractivity contribution < 1.29 is 0 Å². The van der Waals surface area contributed by atoms with E-state index in [9.17, 15) is 0 Å². The van der Waals surface area contributed by atoms with Crippen LogP contribution in [0.4, 0.5) is 5.69 Å². The molecule has 0 fully saturated rings. The maximum atomic E-state index is 8.82. The average Bonchev–Trinajstić information content (AvgIpc) is 2.31. The van der Waals surface area contributed by atoms with Gasteiger partial charge in [-0.3, -0.25) is 0 Å². The molecule has 0 unspecified atom stereocenters. The zero-order valence-electron chi connectivity index (χ0n) is 7.86. The number of benzene rings is 1. The Hall–Kier alpha value is -2.52. The van der Waals surface area contributed by atoms with Gasteiger partial charge in [-0.05, 0) is 12.1 Å². The quantitative estimate of drug-likeness (QED) is 0.643. The summed E-state index contributed by atoms with van der Waals surface area (Å²) in [5.74, 6) is 0. The van der Waals surface area contributed by atoms with Gasteiger partial charge in [-0.2, -0.15) is 10.5 Å². The van der Waals surface area contributed by atoms with Gasteiger partial charge in [0, 0.05) is 23.0 Å². The van der Waals surface area contributed by atoms with Crippen molar-refractivity contribution in [3.05, 3.63) is 47.7 Å². The molecule has 1 aliphatic rings. The number of nitrogens with one attached hydrogen (secondary N) is 1. The van der Waals surface area contributed by atoms with Gasteiger partial charge < -0.3 is 5.32 Å². The second-order valence-corrected chi connectivity index (χ2v) is 3.04. The molecule has 70 valence electrons. The molecule has 1 aromatic carbocycles. The molecule has 0 radical (unpaired) electrons. The predicted octanol–water partition coefficient (Wildman–Crippen LogP) is 2.43. The molecular formula is C12H7N3. The van der Waals surface area contributed by atoms with E-state index in [4.69, 9.17) is 10.5 Å². The number of hydrogen-bond acceptors (Lipinski definition) is 3. The molecule has 0 aromatic heterocycles. The van der Waals surface area contributed by atoms with Crippen molar-refractivity contribution in [2.24, 2.45) is 0 Å². The molecule has 0 atom stereocenters. The molecule has 0 aliphatic carbocycles. The number of allylic oxidation sites excluding steroid dienone is 3. The lowest BCUT2D eigenvalue weighted by Crippen LogP contribution is -2.00. The summed E-state index contributed by atoms with van der Waals surface area (Å²) in [5, 5.41) is 20.7. The Balaban J connectivity index is 2.68. The first-order valence-electron chi connectivity index (χ1n) is 4.44. The van der Waals surface area contributed by atoms with Crippen molar-refractivity contribution in [2.75, 3.05) is 5.32 Å². The first-order valence-corrected chi connectivity index (χ1v) is 4.44. The summed E-state index contributed by atoms with van der Waals surface area (Å²) in [5.41, 5.74) is 2.62. The van der Waals surface area contributed by atoms with Gasteiger partial charge in [0.15, 0.2) is 0 Å². The molecule has 2 rings (SSSR count). The summed E-state index contributed by atoms with van der Waals surface area (Å²) < 4.78 is 0. The summed E-state index contributed by atoms with van der Waals surface area (Å²) in [4.78, 5) is 0. The van der Waals surface area contributed by atoms with E-state index in [1.807, 2.05) is 36.4 Å². The number of nitriles is 2. The van der Waals surface area contributed by atoms with Gasteiger partial charge in [-0.1, -0.05) is 18.2 Å². The van der Waals surface area contributed by atoms with E-state index >= 15 is 0 Å². The van der Waals surface area contributed by atoms with Gasteiger partial charge in [0.05, 0.1) is 0 Å². The highest BCUT2D eigenvalue weighted by molar-refractivity contribution is 5.90. The minimum atomic E-state index is 0.139. The van der Waals surface area contributed by atoms with E-state index in [0.717, 1.165) is 11.3 Å². The maximum Gasteiger partial charge on any atom is 0.137 e. The number of rotatable bonds is 0. The molecule has 1 aromatic rings. The molecule has 0 saturated heterocycles. The van der Waals surface area contributed by atoms with Crippen LogP contribution in [0.3, 0.4) is 0 Å². The van der Waals surface area contributed by atoms with Crippen LogP contribution in [0, 0.1) is 22.7 Å². The lowest BCUT2D eigenvalue weighted by atomic mass is 9.97. The fourth-order valence-electron chi connectivity index (χ4n) is 1.51. The largest absolute Gasteiger partial charge is 0.361 e. The molecule has 3 nitrogen and oxygen atoms in total. The normalized spacial score (nSPS) is 12.0. The molecule has 0 spiro atoms. The van der Waals surface area contributed by atoms with Crippen LogP contribution in [0.5, 0.6) is 0 Å². The third kappa shape index (κ3) is 1.47. The molecule has 1 N–H and O–H groups in total. The van der Waals surface area contributed by atoms with Gasteiger partial charge in [-0.15, -0.1) is 0 Å². The average molecular weight is 193 g/mol. The predicted molar refractivity (Wildman–Crippen MR) is 57.4 cm³/mol. The third-order valence-electron chi connectivity index (χ3n) is 2.20. The third-order valence-corrected chi connectivity index (χ3v) is 2.20. The number of hydrogen-bond donors (Lipinski definition) is 1. The van der Waals surface area contributed by atoms with Gasteiger partial charge >= 0.3 is 0 Å². The standard InChI is InChI=1S/C12H7N3/c13-7-9(8-14)10-5-6-15-12-4-2-1-3-11(10)12/h1-6,15H. The lowest BCUT2D eigenvalue weighted by molar-refractivity contribution is 1.44. The molecular weight excluding hydrogens is 186 g/mol. The summed E-state index contributed by atoms with van der Waals surface area (Å²) in [7, 11) is 0. The zero-order chi connectivity index (χ0) is 10.7. The molecule has 0 amide bonds. The van der Waals surface area contributed by atoms with Crippen molar-refractivity contribution in [3.63, 3.8) is 0 Å². The Labute approximate surface area is 87.6 Å². The van der Waals surface area contributed by atoms with E-state index < -0.39 is 0 Å². The smallest absolute Gasteiger partial charge is 0.137 e. The van der Waals surface area contributed by atoms with E-state index in [-0.39, 0.29) is 5.57 Å². The topological polar surface area (TPSA) is 59.6 Å². The van der Waals surface area contributed by atoms with Crippen molar-refractivity contribution in [1.29, 1.82) is 10.5 Å². The summed E-state index contributed by atoms with van der Waals surface area (Å²) >= 11 is 0. The van der Waals surface area contributed by atoms with Crippen LogP contribution < -0.4 is 5.32 Å². The van der Waals surface area contributed by atoms with Crippen LogP contribution in [-0.2, 0) is 0 Å². The van der Waals surface area contributed by atoms with Crippen LogP contribution in [0.1, 0.15) is 5.56 Å². The van der Waals surface area contributed by atoms with Crippen LogP contribution >= 0.6 is 0 Å². The Morgan fingerprint density at radius 3 is 2.60 bits per heavy atom. The Morgan fingerprint density at radius 1 is 1.13 bits per heavy atom. The fourth-order valence-corrected chi connectivity index (χ4v) is 1.51. The highest BCUT2D eigenvalue weighted by Gasteiger charge is 2.12. The maximum absolute atomic E-state index is 8.82. The number of nitrogens with zero attached hydrogens (tertiary/aromatic N) is 2. The number of anilines is 1. The highest BCUT2D eigenvalue weighted by Crippen LogP contribution is 2.30. The van der Waals surface area contributed by atoms with Gasteiger partial charge in [0.25, 0.3) is 0 Å². The molecule has 1 heterocycles. The molecule has 3 heteroatoms. The Kier molecular flexibility index (Phi) is 2.23. The fraction of sp³-hybridized carbons (Fsp3) is 0. The summed E-state index contributed by atoms with van der Waals surface area (Å²) in [6, 6.07) is 11.4. The van der Waals surface area contributed by atoms with Crippen LogP contribution in [0.2, 0.25) is 0 Å². The van der Waals surface area contributed by atoms with Gasteiger partial charge in [0.2, 0.25) is 0 Å². The first kappa shape index (κ1) is 9.05. The number of para-hydroxylation sites is 1. The van der Waals surface area contributed by atoms with Crippen LogP contribution in [0.25, 0.3) is 5.57 Å². The second kappa shape index (κ2) is 3.69. The molecule has 0 saturated carbocycles. The second-order valence-electron chi connectivity index (χ2n) is 3.04. The van der Waals surface area contributed by atoms with Crippen molar-refractivity contribution in [2.45, 2.75) is 0 Å². The Bertz CT molecular complexity index is 523. The molecule has 1 aliphatic heterocycles. The minimum Gasteiger partial charge on any atom is -0.361 e. The minimum absolute atomic E-state index is 0.139. The lowest BCUT2D eigenvalue weighted by Gasteiger charge is -2.14. The van der Waals surface area contributed by atoms with E-state index in [1.165, 1.54) is 0 Å². The van der Waals surface area contributed by atoms with Crippen LogP contribution in [0.15, 0.2) is 42.1 Å². The van der Waals surface area contributed by atoms with Crippen LogP contribution in [-0.4, -0.2) is 0 Å². The summed E-state index contributed by atoms with van der Waals surface area (Å²) in [6.07, 6.45) is 3.47. The van der Waals surface area contributed by atoms with E-state index in [0.29, 0.717) is 5.57 Å².